The number of likely N-dealkylation sites (tertiary alicyclic amines) is 1. The highest BCUT2D eigenvalue weighted by Gasteiger charge is 2.24. The zero-order valence-electron chi connectivity index (χ0n) is 18.1. The standard InChI is InChI=1S/C25H27ClN2O2S/c1-25(2,3)23-13-16(8-9-27-23)18-12-22(31-15-18)20-7-6-17(11-21(20)26)24(30)28-10-4-5-19(29)14-28/h6-9,11-13,15,19,29H,4-5,10,14H2,1-3H3/t19-/m0/s1. The van der Waals surface area contributed by atoms with Crippen molar-refractivity contribution < 1.29 is 9.90 Å². The molecule has 1 amide bonds. The number of pyridine rings is 1. The van der Waals surface area contributed by atoms with Gasteiger partial charge in [-0.15, -0.1) is 11.3 Å². The van der Waals surface area contributed by atoms with Crippen LogP contribution in [0.4, 0.5) is 0 Å². The van der Waals surface area contributed by atoms with Gasteiger partial charge < -0.3 is 10.0 Å². The van der Waals surface area contributed by atoms with Crippen LogP contribution < -0.4 is 0 Å². The summed E-state index contributed by atoms with van der Waals surface area (Å²) >= 11 is 8.23. The van der Waals surface area contributed by atoms with Crippen LogP contribution >= 0.6 is 22.9 Å². The van der Waals surface area contributed by atoms with E-state index in [2.05, 4.69) is 43.3 Å². The molecule has 1 fully saturated rings. The molecule has 1 aromatic carbocycles. The smallest absolute Gasteiger partial charge is 0.253 e. The lowest BCUT2D eigenvalue weighted by Gasteiger charge is -2.30. The lowest BCUT2D eigenvalue weighted by Crippen LogP contribution is -2.42. The predicted molar refractivity (Wildman–Crippen MR) is 128 cm³/mol. The summed E-state index contributed by atoms with van der Waals surface area (Å²) in [4.78, 5) is 20.1. The molecule has 6 heteroatoms. The van der Waals surface area contributed by atoms with Crippen molar-refractivity contribution in [2.45, 2.75) is 45.1 Å². The topological polar surface area (TPSA) is 53.4 Å². The molecule has 0 radical (unpaired) electrons. The molecule has 0 bridgehead atoms. The fourth-order valence-electron chi connectivity index (χ4n) is 3.82. The number of β-amino-alcohol motifs (C(OH)–C–C–N with tert-alkyl or cyclic N) is 1. The SMILES string of the molecule is CC(C)(C)c1cc(-c2csc(-c3ccc(C(=O)N4CCC[C@H](O)C4)cc3Cl)c2)ccn1. The minimum Gasteiger partial charge on any atom is -0.391 e. The Morgan fingerprint density at radius 3 is 2.71 bits per heavy atom. The largest absolute Gasteiger partial charge is 0.391 e. The molecule has 0 saturated carbocycles. The molecule has 1 atom stereocenters. The summed E-state index contributed by atoms with van der Waals surface area (Å²) in [6.45, 7) is 7.53. The first kappa shape index (κ1) is 22.0. The third kappa shape index (κ3) is 4.84. The summed E-state index contributed by atoms with van der Waals surface area (Å²) in [5.74, 6) is -0.0782. The Labute approximate surface area is 192 Å². The van der Waals surface area contributed by atoms with Crippen LogP contribution in [0, 0.1) is 0 Å². The van der Waals surface area contributed by atoms with E-state index in [4.69, 9.17) is 11.6 Å². The van der Waals surface area contributed by atoms with E-state index in [1.165, 1.54) is 0 Å². The lowest BCUT2D eigenvalue weighted by atomic mass is 9.90. The molecule has 4 rings (SSSR count). The van der Waals surface area contributed by atoms with Gasteiger partial charge in [0.15, 0.2) is 0 Å². The third-order valence-electron chi connectivity index (χ3n) is 5.63. The van der Waals surface area contributed by atoms with Crippen LogP contribution in [-0.2, 0) is 5.41 Å². The highest BCUT2D eigenvalue weighted by atomic mass is 35.5. The number of carbonyl (C=O) groups is 1. The second-order valence-electron chi connectivity index (χ2n) is 9.12. The highest BCUT2D eigenvalue weighted by molar-refractivity contribution is 7.14. The number of nitrogens with zero attached hydrogens (tertiary/aromatic N) is 2. The second kappa shape index (κ2) is 8.73. The number of halogens is 1. The van der Waals surface area contributed by atoms with Crippen molar-refractivity contribution in [1.82, 2.24) is 9.88 Å². The molecule has 1 saturated heterocycles. The number of amides is 1. The number of aromatic nitrogens is 1. The van der Waals surface area contributed by atoms with E-state index >= 15 is 0 Å². The summed E-state index contributed by atoms with van der Waals surface area (Å²) in [7, 11) is 0. The molecule has 3 heterocycles. The van der Waals surface area contributed by atoms with Gasteiger partial charge >= 0.3 is 0 Å². The van der Waals surface area contributed by atoms with Gasteiger partial charge in [0.1, 0.15) is 0 Å². The van der Waals surface area contributed by atoms with Gasteiger partial charge in [-0.1, -0.05) is 38.4 Å². The van der Waals surface area contributed by atoms with E-state index in [-0.39, 0.29) is 11.3 Å². The average Bonchev–Trinajstić information content (AvgIpc) is 3.22. The first-order valence-electron chi connectivity index (χ1n) is 10.5. The van der Waals surface area contributed by atoms with Gasteiger partial charge in [0.2, 0.25) is 0 Å². The fraction of sp³-hybridized carbons (Fsp3) is 0.360. The molecule has 2 aromatic heterocycles. The molecule has 0 unspecified atom stereocenters. The molecule has 1 N–H and O–H groups in total. The van der Waals surface area contributed by atoms with Gasteiger partial charge in [0.05, 0.1) is 11.1 Å². The minimum atomic E-state index is -0.441. The first-order chi connectivity index (χ1) is 14.7. The summed E-state index contributed by atoms with van der Waals surface area (Å²) in [5, 5.41) is 12.5. The number of hydrogen-bond donors (Lipinski definition) is 1. The molecule has 3 aromatic rings. The normalized spacial score (nSPS) is 17.1. The molecule has 4 nitrogen and oxygen atoms in total. The van der Waals surface area contributed by atoms with Crippen LogP contribution in [0.25, 0.3) is 21.6 Å². The van der Waals surface area contributed by atoms with Gasteiger partial charge in [-0.3, -0.25) is 9.78 Å². The maximum Gasteiger partial charge on any atom is 0.253 e. The summed E-state index contributed by atoms with van der Waals surface area (Å²) < 4.78 is 0. The monoisotopic (exact) mass is 454 g/mol. The Hall–Kier alpha value is -2.21. The molecule has 162 valence electrons. The number of thiophene rings is 1. The van der Waals surface area contributed by atoms with E-state index in [1.54, 1.807) is 22.3 Å². The van der Waals surface area contributed by atoms with E-state index in [9.17, 15) is 9.90 Å². The lowest BCUT2D eigenvalue weighted by molar-refractivity contribution is 0.0474. The maximum absolute atomic E-state index is 12.8. The average molecular weight is 455 g/mol. The van der Waals surface area contributed by atoms with Crippen molar-refractivity contribution in [2.75, 3.05) is 13.1 Å². The Bertz CT molecular complexity index is 1100. The number of hydrogen-bond acceptors (Lipinski definition) is 4. The van der Waals surface area contributed by atoms with Crippen LogP contribution in [0.2, 0.25) is 5.02 Å². The number of aliphatic hydroxyl groups excluding tert-OH is 1. The molecule has 0 spiro atoms. The maximum atomic E-state index is 12.8. The molecular formula is C25H27ClN2O2S. The van der Waals surface area contributed by atoms with Crippen molar-refractivity contribution in [3.63, 3.8) is 0 Å². The predicted octanol–water partition coefficient (Wildman–Crippen LogP) is 6.02. The van der Waals surface area contributed by atoms with E-state index in [1.807, 2.05) is 24.4 Å². The molecular weight excluding hydrogens is 428 g/mol. The molecule has 31 heavy (non-hydrogen) atoms. The minimum absolute atomic E-state index is 0.00899. The zero-order chi connectivity index (χ0) is 22.2. The van der Waals surface area contributed by atoms with Crippen molar-refractivity contribution >= 4 is 28.8 Å². The Kier molecular flexibility index (Phi) is 6.20. The van der Waals surface area contributed by atoms with Crippen molar-refractivity contribution in [3.05, 3.63) is 64.3 Å². The van der Waals surface area contributed by atoms with Crippen molar-refractivity contribution in [3.8, 4) is 21.6 Å². The quantitative estimate of drug-likeness (QED) is 0.526. The number of carbonyl (C=O) groups excluding carboxylic acids is 1. The van der Waals surface area contributed by atoms with Gasteiger partial charge in [-0.2, -0.15) is 0 Å². The third-order valence-corrected chi connectivity index (χ3v) is 6.90. The summed E-state index contributed by atoms with van der Waals surface area (Å²) in [6.07, 6.45) is 2.99. The first-order valence-corrected chi connectivity index (χ1v) is 11.8. The molecule has 0 aliphatic carbocycles. The Morgan fingerprint density at radius 1 is 1.19 bits per heavy atom. The molecule has 1 aliphatic rings. The van der Waals surface area contributed by atoms with E-state index in [0.29, 0.717) is 23.7 Å². The molecule has 1 aliphatic heterocycles. The van der Waals surface area contributed by atoms with Crippen LogP contribution in [0.1, 0.15) is 49.7 Å². The van der Waals surface area contributed by atoms with Crippen LogP contribution in [0.5, 0.6) is 0 Å². The van der Waals surface area contributed by atoms with Gasteiger partial charge in [0, 0.05) is 46.4 Å². The highest BCUT2D eigenvalue weighted by Crippen LogP contribution is 2.37. The fourth-order valence-corrected chi connectivity index (χ4v) is 5.12. The number of rotatable bonds is 3. The number of piperidine rings is 1. The summed E-state index contributed by atoms with van der Waals surface area (Å²) in [5.41, 5.74) is 4.79. The van der Waals surface area contributed by atoms with Gasteiger partial charge in [0.25, 0.3) is 5.91 Å². The van der Waals surface area contributed by atoms with Crippen molar-refractivity contribution in [2.24, 2.45) is 0 Å². The Morgan fingerprint density at radius 2 is 2.00 bits per heavy atom. The zero-order valence-corrected chi connectivity index (χ0v) is 19.6. The second-order valence-corrected chi connectivity index (χ2v) is 10.4. The van der Waals surface area contributed by atoms with E-state index < -0.39 is 6.10 Å². The Balaban J connectivity index is 1.57. The number of aliphatic hydroxyl groups is 1. The van der Waals surface area contributed by atoms with Gasteiger partial charge in [-0.05, 0) is 59.7 Å². The number of benzene rings is 1. The van der Waals surface area contributed by atoms with Crippen LogP contribution in [-0.4, -0.2) is 40.1 Å². The van der Waals surface area contributed by atoms with Crippen LogP contribution in [0.3, 0.4) is 0 Å². The van der Waals surface area contributed by atoms with Crippen molar-refractivity contribution in [1.29, 1.82) is 0 Å². The van der Waals surface area contributed by atoms with Crippen LogP contribution in [0.15, 0.2) is 48.0 Å². The van der Waals surface area contributed by atoms with Gasteiger partial charge in [-0.25, -0.2) is 0 Å². The van der Waals surface area contributed by atoms with E-state index in [0.717, 1.165) is 40.1 Å². The summed E-state index contributed by atoms with van der Waals surface area (Å²) in [6, 6.07) is 11.8.